The van der Waals surface area contributed by atoms with Crippen molar-refractivity contribution in [1.82, 2.24) is 9.78 Å². The lowest BCUT2D eigenvalue weighted by atomic mass is 10.2. The Bertz CT molecular complexity index is 526. The first-order valence-electron chi connectivity index (χ1n) is 6.11. The van der Waals surface area contributed by atoms with E-state index in [4.69, 9.17) is 0 Å². The number of rotatable bonds is 4. The molecular formula is C14H18BrN3. The van der Waals surface area contributed by atoms with Crippen LogP contribution in [0.2, 0.25) is 0 Å². The van der Waals surface area contributed by atoms with E-state index < -0.39 is 0 Å². The fourth-order valence-electron chi connectivity index (χ4n) is 1.94. The summed E-state index contributed by atoms with van der Waals surface area (Å²) in [6, 6.07) is 8.48. The summed E-state index contributed by atoms with van der Waals surface area (Å²) in [5.74, 6) is 0. The Hall–Kier alpha value is -1.29. The molecule has 18 heavy (non-hydrogen) atoms. The number of anilines is 1. The molecule has 0 bridgehead atoms. The predicted octanol–water partition coefficient (Wildman–Crippen LogP) is 3.67. The van der Waals surface area contributed by atoms with Crippen LogP contribution in [0, 0.1) is 6.92 Å². The van der Waals surface area contributed by atoms with E-state index in [0.717, 1.165) is 28.8 Å². The van der Waals surface area contributed by atoms with E-state index in [2.05, 4.69) is 64.5 Å². The summed E-state index contributed by atoms with van der Waals surface area (Å²) in [6.45, 7) is 5.01. The quantitative estimate of drug-likeness (QED) is 0.934. The molecule has 0 aliphatic heterocycles. The largest absolute Gasteiger partial charge is 0.379 e. The van der Waals surface area contributed by atoms with Gasteiger partial charge in [0.15, 0.2) is 0 Å². The van der Waals surface area contributed by atoms with E-state index in [1.54, 1.807) is 0 Å². The van der Waals surface area contributed by atoms with E-state index in [1.165, 1.54) is 11.3 Å². The topological polar surface area (TPSA) is 29.9 Å². The molecule has 0 amide bonds. The minimum absolute atomic E-state index is 0.791. The summed E-state index contributed by atoms with van der Waals surface area (Å²) in [5, 5.41) is 7.87. The molecule has 2 aromatic rings. The van der Waals surface area contributed by atoms with Crippen molar-refractivity contribution in [2.75, 3.05) is 5.32 Å². The van der Waals surface area contributed by atoms with Gasteiger partial charge in [-0.2, -0.15) is 5.10 Å². The molecular weight excluding hydrogens is 290 g/mol. The summed E-state index contributed by atoms with van der Waals surface area (Å²) >= 11 is 3.51. The third kappa shape index (κ3) is 3.13. The van der Waals surface area contributed by atoms with Crippen LogP contribution in [0.25, 0.3) is 0 Å². The van der Waals surface area contributed by atoms with Gasteiger partial charge < -0.3 is 5.32 Å². The highest BCUT2D eigenvalue weighted by Gasteiger charge is 2.04. The van der Waals surface area contributed by atoms with E-state index in [1.807, 2.05) is 11.7 Å². The van der Waals surface area contributed by atoms with Crippen LogP contribution in [-0.2, 0) is 20.0 Å². The van der Waals surface area contributed by atoms with Gasteiger partial charge in [-0.05, 0) is 43.2 Å². The number of aryl methyl sites for hydroxylation is 3. The standard InChI is InChI=1S/C14H18BrN3/c1-4-12-8-14(18(3)17-12)9-16-13-6-10(2)5-11(15)7-13/h5-8,16H,4,9H2,1-3H3. The van der Waals surface area contributed by atoms with Gasteiger partial charge in [0.1, 0.15) is 0 Å². The van der Waals surface area contributed by atoms with E-state index in [9.17, 15) is 0 Å². The van der Waals surface area contributed by atoms with Gasteiger partial charge in [-0.3, -0.25) is 4.68 Å². The van der Waals surface area contributed by atoms with Gasteiger partial charge in [-0.1, -0.05) is 22.9 Å². The molecule has 0 saturated heterocycles. The first-order valence-corrected chi connectivity index (χ1v) is 6.90. The Morgan fingerprint density at radius 3 is 2.67 bits per heavy atom. The Balaban J connectivity index is 2.08. The summed E-state index contributed by atoms with van der Waals surface area (Å²) in [6.07, 6.45) is 0.976. The molecule has 0 atom stereocenters. The van der Waals surface area contributed by atoms with Crippen LogP contribution in [0.1, 0.15) is 23.9 Å². The Morgan fingerprint density at radius 2 is 2.06 bits per heavy atom. The van der Waals surface area contributed by atoms with Gasteiger partial charge >= 0.3 is 0 Å². The summed E-state index contributed by atoms with van der Waals surface area (Å²) in [7, 11) is 1.99. The van der Waals surface area contributed by atoms with Gasteiger partial charge in [0.05, 0.1) is 17.9 Å². The Morgan fingerprint density at radius 1 is 1.28 bits per heavy atom. The molecule has 1 aromatic heterocycles. The smallest absolute Gasteiger partial charge is 0.0625 e. The van der Waals surface area contributed by atoms with Crippen molar-refractivity contribution < 1.29 is 0 Å². The zero-order chi connectivity index (χ0) is 13.1. The molecule has 1 heterocycles. The lowest BCUT2D eigenvalue weighted by Gasteiger charge is -2.08. The molecule has 0 saturated carbocycles. The number of hydrogen-bond acceptors (Lipinski definition) is 2. The highest BCUT2D eigenvalue weighted by Crippen LogP contribution is 2.19. The van der Waals surface area contributed by atoms with Crippen molar-refractivity contribution in [1.29, 1.82) is 0 Å². The van der Waals surface area contributed by atoms with Crippen LogP contribution >= 0.6 is 15.9 Å². The maximum atomic E-state index is 4.44. The van der Waals surface area contributed by atoms with Crippen LogP contribution in [0.3, 0.4) is 0 Å². The van der Waals surface area contributed by atoms with Gasteiger partial charge in [-0.25, -0.2) is 0 Å². The fourth-order valence-corrected chi connectivity index (χ4v) is 2.55. The zero-order valence-electron chi connectivity index (χ0n) is 11.0. The summed E-state index contributed by atoms with van der Waals surface area (Å²) in [4.78, 5) is 0. The maximum Gasteiger partial charge on any atom is 0.0625 e. The molecule has 0 radical (unpaired) electrons. The molecule has 0 fully saturated rings. The number of hydrogen-bond donors (Lipinski definition) is 1. The number of benzene rings is 1. The van der Waals surface area contributed by atoms with E-state index in [-0.39, 0.29) is 0 Å². The molecule has 4 heteroatoms. The first kappa shape index (κ1) is 13.1. The molecule has 0 aliphatic carbocycles. The van der Waals surface area contributed by atoms with Gasteiger partial charge in [0.2, 0.25) is 0 Å². The number of aromatic nitrogens is 2. The second-order valence-electron chi connectivity index (χ2n) is 4.47. The minimum Gasteiger partial charge on any atom is -0.379 e. The predicted molar refractivity (Wildman–Crippen MR) is 78.8 cm³/mol. The van der Waals surface area contributed by atoms with Crippen molar-refractivity contribution >= 4 is 21.6 Å². The molecule has 0 spiro atoms. The SMILES string of the molecule is CCc1cc(CNc2cc(C)cc(Br)c2)n(C)n1. The van der Waals surface area contributed by atoms with Gasteiger partial charge in [-0.15, -0.1) is 0 Å². The Labute approximate surface area is 116 Å². The number of halogens is 1. The lowest BCUT2D eigenvalue weighted by molar-refractivity contribution is 0.707. The lowest BCUT2D eigenvalue weighted by Crippen LogP contribution is -2.05. The fraction of sp³-hybridized carbons (Fsp3) is 0.357. The average Bonchev–Trinajstić information content (AvgIpc) is 2.66. The van der Waals surface area contributed by atoms with E-state index >= 15 is 0 Å². The third-order valence-electron chi connectivity index (χ3n) is 2.91. The van der Waals surface area contributed by atoms with Crippen LogP contribution in [0.15, 0.2) is 28.7 Å². The van der Waals surface area contributed by atoms with Crippen molar-refractivity contribution in [3.05, 3.63) is 45.7 Å². The van der Waals surface area contributed by atoms with Crippen LogP contribution in [0.4, 0.5) is 5.69 Å². The first-order chi connectivity index (χ1) is 8.58. The van der Waals surface area contributed by atoms with Crippen molar-refractivity contribution in [3.8, 4) is 0 Å². The second kappa shape index (κ2) is 5.57. The Kier molecular flexibility index (Phi) is 4.07. The molecule has 96 valence electrons. The summed E-state index contributed by atoms with van der Waals surface area (Å²) < 4.78 is 3.04. The van der Waals surface area contributed by atoms with Crippen molar-refractivity contribution in [2.24, 2.45) is 7.05 Å². The molecule has 0 aliphatic rings. The second-order valence-corrected chi connectivity index (χ2v) is 5.39. The third-order valence-corrected chi connectivity index (χ3v) is 3.36. The van der Waals surface area contributed by atoms with Crippen LogP contribution in [0.5, 0.6) is 0 Å². The van der Waals surface area contributed by atoms with Crippen molar-refractivity contribution in [3.63, 3.8) is 0 Å². The highest BCUT2D eigenvalue weighted by molar-refractivity contribution is 9.10. The minimum atomic E-state index is 0.791. The normalized spacial score (nSPS) is 10.7. The van der Waals surface area contributed by atoms with Crippen molar-refractivity contribution in [2.45, 2.75) is 26.8 Å². The zero-order valence-corrected chi connectivity index (χ0v) is 12.6. The van der Waals surface area contributed by atoms with Gasteiger partial charge in [0.25, 0.3) is 0 Å². The maximum absolute atomic E-state index is 4.44. The highest BCUT2D eigenvalue weighted by atomic mass is 79.9. The van der Waals surface area contributed by atoms with Crippen LogP contribution < -0.4 is 5.32 Å². The van der Waals surface area contributed by atoms with Gasteiger partial charge in [0, 0.05) is 17.2 Å². The molecule has 3 nitrogen and oxygen atoms in total. The molecule has 1 N–H and O–H groups in total. The van der Waals surface area contributed by atoms with Crippen LogP contribution in [-0.4, -0.2) is 9.78 Å². The molecule has 2 rings (SSSR count). The van der Waals surface area contributed by atoms with E-state index in [0.29, 0.717) is 0 Å². The molecule has 1 aromatic carbocycles. The average molecular weight is 308 g/mol. The monoisotopic (exact) mass is 307 g/mol. The molecule has 0 unspecified atom stereocenters. The summed E-state index contributed by atoms with van der Waals surface area (Å²) in [5.41, 5.74) is 4.71. The number of nitrogens with one attached hydrogen (secondary N) is 1. The number of nitrogens with zero attached hydrogens (tertiary/aromatic N) is 2.